The number of carbonyl (C=O) groups excluding carboxylic acids is 4. The molecule has 2 unspecified atom stereocenters. The molecule has 0 fully saturated rings. The summed E-state index contributed by atoms with van der Waals surface area (Å²) >= 11 is 0. The predicted octanol–water partition coefficient (Wildman–Crippen LogP) is 24.9. The van der Waals surface area contributed by atoms with Gasteiger partial charge in [-0.3, -0.25) is 37.3 Å². The molecule has 5 atom stereocenters. The average molecular weight is 1570 g/mol. The van der Waals surface area contributed by atoms with E-state index in [4.69, 9.17) is 37.0 Å². The number of aliphatic hydroxyl groups excluding tert-OH is 1. The van der Waals surface area contributed by atoms with Gasteiger partial charge in [-0.05, 0) is 173 Å². The van der Waals surface area contributed by atoms with Gasteiger partial charge in [0.2, 0.25) is 0 Å². The molecule has 0 amide bonds. The van der Waals surface area contributed by atoms with E-state index in [2.05, 4.69) is 186 Å². The van der Waals surface area contributed by atoms with E-state index in [9.17, 15) is 43.2 Å². The highest BCUT2D eigenvalue weighted by molar-refractivity contribution is 7.47. The fourth-order valence-corrected chi connectivity index (χ4v) is 11.8. The number of carbonyl (C=O) groups is 4. The zero-order chi connectivity index (χ0) is 80.3. The number of phosphoric ester groups is 2. The van der Waals surface area contributed by atoms with Gasteiger partial charge in [0.15, 0.2) is 12.2 Å². The molecule has 0 rings (SSSR count). The molecule has 0 saturated carbocycles. The summed E-state index contributed by atoms with van der Waals surface area (Å²) in [6, 6.07) is 0. The lowest BCUT2D eigenvalue weighted by molar-refractivity contribution is -0.161. The third-order valence-corrected chi connectivity index (χ3v) is 18.4. The first-order valence-corrected chi connectivity index (χ1v) is 44.7. The maximum absolute atomic E-state index is 13.1. The molecular formula is C91H146O17P2. The summed E-state index contributed by atoms with van der Waals surface area (Å²) in [5.74, 6) is -2.43. The molecule has 0 aromatic heterocycles. The molecule has 0 aliphatic rings. The molecule has 0 radical (unpaired) electrons. The second kappa shape index (κ2) is 80.9. The summed E-state index contributed by atoms with van der Waals surface area (Å²) in [4.78, 5) is 73.1. The van der Waals surface area contributed by atoms with E-state index in [1.54, 1.807) is 0 Å². The second-order valence-electron chi connectivity index (χ2n) is 27.0. The third-order valence-electron chi connectivity index (χ3n) is 16.5. The van der Waals surface area contributed by atoms with Crippen molar-refractivity contribution in [3.8, 4) is 0 Å². The van der Waals surface area contributed by atoms with Crippen LogP contribution in [0.3, 0.4) is 0 Å². The maximum Gasteiger partial charge on any atom is 0.472 e. The molecular weight excluding hydrogens is 1430 g/mol. The Bertz CT molecular complexity index is 2850. The van der Waals surface area contributed by atoms with Gasteiger partial charge in [0.05, 0.1) is 26.4 Å². The van der Waals surface area contributed by atoms with Gasteiger partial charge in [-0.2, -0.15) is 0 Å². The van der Waals surface area contributed by atoms with E-state index in [0.29, 0.717) is 38.5 Å². The number of ether oxygens (including phenoxy) is 4. The fourth-order valence-electron chi connectivity index (χ4n) is 10.2. The van der Waals surface area contributed by atoms with Gasteiger partial charge in [0.25, 0.3) is 0 Å². The first-order chi connectivity index (χ1) is 53.7. The quantitative estimate of drug-likeness (QED) is 0.0169. The minimum Gasteiger partial charge on any atom is -0.462 e. The number of rotatable bonds is 76. The summed E-state index contributed by atoms with van der Waals surface area (Å²) in [6.45, 7) is 4.45. The van der Waals surface area contributed by atoms with Crippen LogP contribution >= 0.6 is 15.6 Å². The highest BCUT2D eigenvalue weighted by atomic mass is 31.2. The molecule has 0 aliphatic carbocycles. The molecule has 0 aromatic rings. The van der Waals surface area contributed by atoms with Crippen LogP contribution in [-0.2, 0) is 65.4 Å². The Kier molecular flexibility index (Phi) is 76.4. The molecule has 0 spiro atoms. The van der Waals surface area contributed by atoms with E-state index in [0.717, 1.165) is 141 Å². The van der Waals surface area contributed by atoms with Crippen LogP contribution in [0.5, 0.6) is 0 Å². The van der Waals surface area contributed by atoms with Crippen LogP contribution in [0, 0.1) is 0 Å². The molecule has 0 aromatic carbocycles. The smallest absolute Gasteiger partial charge is 0.462 e. The lowest BCUT2D eigenvalue weighted by Gasteiger charge is -2.21. The van der Waals surface area contributed by atoms with Crippen LogP contribution in [0.4, 0.5) is 0 Å². The van der Waals surface area contributed by atoms with Crippen LogP contribution in [0.2, 0.25) is 0 Å². The second-order valence-corrected chi connectivity index (χ2v) is 29.9. The minimum atomic E-state index is -5.03. The number of allylic oxidation sites excluding steroid dienone is 32. The predicted molar refractivity (Wildman–Crippen MR) is 454 cm³/mol. The summed E-state index contributed by atoms with van der Waals surface area (Å²) in [5, 5.41) is 10.7. The molecule has 0 saturated heterocycles. The Labute approximate surface area is 666 Å². The standard InChI is InChI=1S/C91H146O17P2/c1-5-9-13-17-21-25-29-33-36-39-42-45-48-52-56-60-64-68-72-76-89(94)102-82-87(108-91(96)78-74-70-66-62-58-54-50-47-44-41-38-35-31-27-23-19-15-11-7-3)84-106-110(99,100)104-80-85(92)79-103-109(97,98)105-83-86(81-101-88(93)75-71-67-63-59-55-51-32-28-24-20-16-12-8-4)107-90(95)77-73-69-65-61-57-53-49-46-43-40-37-34-30-26-22-18-14-10-6-2/h9,13,21-23,25-28,32-38,42-47,52-54,56-58,65-66,69-70,85-87,92H,5-8,10-12,14-20,24,29-31,39-41,48-51,55,59-64,67-68,71-84H2,1-4H3,(H,97,98)(H,99,100)/b13-9-,25-21-,26-22-,27-23-,32-28-,36-33-,37-34-,38-35-,45-42-,46-43-,47-44-,56-52-,57-53-,58-54-,69-65-,70-66-/t85-,86+,87+/m0/s1. The molecule has 0 bridgehead atoms. The van der Waals surface area contributed by atoms with Crippen molar-refractivity contribution in [1.82, 2.24) is 0 Å². The maximum atomic E-state index is 13.1. The highest BCUT2D eigenvalue weighted by Gasteiger charge is 2.30. The summed E-state index contributed by atoms with van der Waals surface area (Å²) in [6.07, 6.45) is 100. The highest BCUT2D eigenvalue weighted by Crippen LogP contribution is 2.45. The van der Waals surface area contributed by atoms with Crippen molar-refractivity contribution in [2.24, 2.45) is 0 Å². The first-order valence-electron chi connectivity index (χ1n) is 41.7. The van der Waals surface area contributed by atoms with Crippen LogP contribution < -0.4 is 0 Å². The van der Waals surface area contributed by atoms with E-state index < -0.39 is 97.5 Å². The number of unbranched alkanes of at least 4 members (excludes halogenated alkanes) is 18. The SMILES string of the molecule is CC/C=C\C/C=C\C/C=C\C/C=C\C/C=C\CCCCCC(=O)OC[C@H](COP(=O)(O)OC[C@@H](O)COP(=O)(O)OC[C@@H](COC(=O)CCCCCCC/C=C\CCCCCC)OC(=O)CC/C=C\C/C=C\C/C=C\C/C=C\C/C=C\CCCCC)OC(=O)CC/C=C\C/C=C\C/C=C\C/C=C\C/C=C\CCCCC. The van der Waals surface area contributed by atoms with Gasteiger partial charge in [0.1, 0.15) is 19.3 Å². The zero-order valence-electron chi connectivity index (χ0n) is 68.1. The number of phosphoric acid groups is 2. The van der Waals surface area contributed by atoms with Crippen molar-refractivity contribution in [3.63, 3.8) is 0 Å². The van der Waals surface area contributed by atoms with E-state index >= 15 is 0 Å². The van der Waals surface area contributed by atoms with Crippen molar-refractivity contribution >= 4 is 39.5 Å². The van der Waals surface area contributed by atoms with Crippen molar-refractivity contribution in [2.75, 3.05) is 39.6 Å². The molecule has 110 heavy (non-hydrogen) atoms. The Morgan fingerprint density at radius 2 is 0.491 bits per heavy atom. The van der Waals surface area contributed by atoms with E-state index in [-0.39, 0.29) is 25.7 Å². The molecule has 0 aliphatic heterocycles. The van der Waals surface area contributed by atoms with Crippen molar-refractivity contribution in [3.05, 3.63) is 194 Å². The van der Waals surface area contributed by atoms with Gasteiger partial charge in [-0.15, -0.1) is 0 Å². The van der Waals surface area contributed by atoms with Gasteiger partial charge in [0, 0.05) is 25.7 Å². The first kappa shape index (κ1) is 104. The van der Waals surface area contributed by atoms with Crippen LogP contribution in [-0.4, -0.2) is 96.7 Å². The van der Waals surface area contributed by atoms with Crippen LogP contribution in [0.1, 0.15) is 297 Å². The van der Waals surface area contributed by atoms with Crippen LogP contribution in [0.15, 0.2) is 194 Å². The van der Waals surface area contributed by atoms with E-state index in [1.807, 2.05) is 36.5 Å². The zero-order valence-corrected chi connectivity index (χ0v) is 69.9. The number of hydrogen-bond acceptors (Lipinski definition) is 15. The Balaban J connectivity index is 5.57. The molecule has 19 heteroatoms. The molecule has 0 heterocycles. The lowest BCUT2D eigenvalue weighted by Crippen LogP contribution is -2.30. The number of aliphatic hydroxyl groups is 1. The Hall–Kier alpha value is -6.10. The van der Waals surface area contributed by atoms with Gasteiger partial charge < -0.3 is 33.8 Å². The van der Waals surface area contributed by atoms with Crippen molar-refractivity contribution < 1.29 is 80.2 Å². The summed E-state index contributed by atoms with van der Waals surface area (Å²) in [5.41, 5.74) is 0. The van der Waals surface area contributed by atoms with Crippen LogP contribution in [0.25, 0.3) is 0 Å². The largest absolute Gasteiger partial charge is 0.472 e. The van der Waals surface area contributed by atoms with Gasteiger partial charge in [-0.25, -0.2) is 9.13 Å². The van der Waals surface area contributed by atoms with Gasteiger partial charge in [-0.1, -0.05) is 293 Å². The topological polar surface area (TPSA) is 237 Å². The number of esters is 4. The van der Waals surface area contributed by atoms with Crippen molar-refractivity contribution in [1.29, 1.82) is 0 Å². The minimum absolute atomic E-state index is 0.0394. The number of hydrogen-bond donors (Lipinski definition) is 3. The summed E-state index contributed by atoms with van der Waals surface area (Å²) in [7, 11) is -10.0. The molecule has 622 valence electrons. The Morgan fingerprint density at radius 1 is 0.264 bits per heavy atom. The fraction of sp³-hybridized carbons (Fsp3) is 0.604. The third kappa shape index (κ3) is 80.0. The lowest BCUT2D eigenvalue weighted by atomic mass is 10.1. The van der Waals surface area contributed by atoms with Gasteiger partial charge >= 0.3 is 39.5 Å². The normalized spacial score (nSPS) is 14.8. The molecule has 17 nitrogen and oxygen atoms in total. The van der Waals surface area contributed by atoms with E-state index in [1.165, 1.54) is 64.2 Å². The molecule has 3 N–H and O–H groups in total. The average Bonchev–Trinajstić information content (AvgIpc) is 0.906. The monoisotopic (exact) mass is 1570 g/mol. The summed E-state index contributed by atoms with van der Waals surface area (Å²) < 4.78 is 68.5. The van der Waals surface area contributed by atoms with Crippen molar-refractivity contribution in [2.45, 2.75) is 316 Å². The Morgan fingerprint density at radius 3 is 0.800 bits per heavy atom.